The SMILES string of the molecule is CNC(C)C(=O)NC(C(=O)N1CCCC1C(=O)Nc1cc2c(N(C)c3ccccc3)ncnc2cc1OC)C(C)(C)C.Cl. The van der Waals surface area contributed by atoms with Gasteiger partial charge < -0.3 is 30.5 Å². The van der Waals surface area contributed by atoms with E-state index in [1.165, 1.54) is 13.4 Å². The highest BCUT2D eigenvalue weighted by atomic mass is 35.5. The Hall–Kier alpha value is -3.96. The zero-order chi connectivity index (χ0) is 30.6. The Morgan fingerprint density at radius 3 is 2.44 bits per heavy atom. The van der Waals surface area contributed by atoms with E-state index in [4.69, 9.17) is 4.74 Å². The summed E-state index contributed by atoms with van der Waals surface area (Å²) in [4.78, 5) is 52.7. The molecule has 4 rings (SSSR count). The lowest BCUT2D eigenvalue weighted by Gasteiger charge is -2.36. The highest BCUT2D eigenvalue weighted by Gasteiger charge is 2.42. The molecule has 0 saturated carbocycles. The number of nitrogens with zero attached hydrogens (tertiary/aromatic N) is 4. The standard InChI is InChI=1S/C31H41N7O4.ClH/c1-19(32-5)28(39)36-26(31(2,3)4)30(41)38-15-11-14-24(38)29(40)35-23-16-21-22(17-25(23)42-7)33-18-34-27(21)37(6)20-12-9-8-10-13-20;/h8-10,12-13,16-19,24,26,32H,11,14-15H2,1-7H3,(H,35,40)(H,36,39);1H. The molecule has 232 valence electrons. The van der Waals surface area contributed by atoms with Crippen molar-refractivity contribution >= 4 is 58.2 Å². The molecule has 11 nitrogen and oxygen atoms in total. The largest absolute Gasteiger partial charge is 0.494 e. The van der Waals surface area contributed by atoms with Crippen molar-refractivity contribution in [3.63, 3.8) is 0 Å². The van der Waals surface area contributed by atoms with E-state index in [1.807, 2.05) is 63.1 Å². The average Bonchev–Trinajstić information content (AvgIpc) is 3.48. The smallest absolute Gasteiger partial charge is 0.247 e. The molecule has 3 aromatic rings. The molecular weight excluding hydrogens is 570 g/mol. The summed E-state index contributed by atoms with van der Waals surface area (Å²) in [5.41, 5.74) is 1.50. The topological polar surface area (TPSA) is 129 Å². The normalized spacial score (nSPS) is 16.2. The first-order valence-electron chi connectivity index (χ1n) is 14.2. The number of carbonyl (C=O) groups is 3. The molecule has 12 heteroatoms. The molecule has 1 aliphatic rings. The number of hydrogen-bond acceptors (Lipinski definition) is 8. The summed E-state index contributed by atoms with van der Waals surface area (Å²) < 4.78 is 5.61. The predicted molar refractivity (Wildman–Crippen MR) is 171 cm³/mol. The minimum absolute atomic E-state index is 0. The minimum atomic E-state index is -0.794. The van der Waals surface area contributed by atoms with Gasteiger partial charge in [0, 0.05) is 30.7 Å². The van der Waals surface area contributed by atoms with E-state index in [9.17, 15) is 14.4 Å². The third-order valence-corrected chi connectivity index (χ3v) is 7.72. The molecule has 0 radical (unpaired) electrons. The fourth-order valence-electron chi connectivity index (χ4n) is 5.11. The molecule has 0 spiro atoms. The Balaban J connectivity index is 0.00000506. The first-order valence-corrected chi connectivity index (χ1v) is 14.2. The van der Waals surface area contributed by atoms with Gasteiger partial charge in [0.15, 0.2) is 0 Å². The Bertz CT molecular complexity index is 1450. The van der Waals surface area contributed by atoms with Crippen LogP contribution in [-0.4, -0.2) is 78.5 Å². The Kier molecular flexibility index (Phi) is 10.9. The number of aromatic nitrogens is 2. The highest BCUT2D eigenvalue weighted by molar-refractivity contribution is 6.03. The van der Waals surface area contributed by atoms with E-state index in [0.29, 0.717) is 42.2 Å². The molecule has 1 aliphatic heterocycles. The van der Waals surface area contributed by atoms with Gasteiger partial charge in [-0.3, -0.25) is 14.4 Å². The fourth-order valence-corrected chi connectivity index (χ4v) is 5.11. The quantitative estimate of drug-likeness (QED) is 0.332. The Morgan fingerprint density at radius 2 is 1.81 bits per heavy atom. The van der Waals surface area contributed by atoms with Crippen LogP contribution < -0.4 is 25.6 Å². The molecular formula is C31H42ClN7O4. The maximum absolute atomic E-state index is 13.8. The number of halogens is 1. The summed E-state index contributed by atoms with van der Waals surface area (Å²) in [5.74, 6) is 0.241. The number of nitrogens with one attached hydrogen (secondary N) is 3. The molecule has 3 N–H and O–H groups in total. The lowest BCUT2D eigenvalue weighted by Crippen LogP contribution is -2.59. The van der Waals surface area contributed by atoms with Crippen LogP contribution in [0, 0.1) is 5.41 Å². The number of fused-ring (bicyclic) bond motifs is 1. The Labute approximate surface area is 259 Å². The molecule has 2 aromatic carbocycles. The van der Waals surface area contributed by atoms with Crippen molar-refractivity contribution < 1.29 is 19.1 Å². The fraction of sp³-hybridized carbons (Fsp3) is 0.452. The van der Waals surface area contributed by atoms with E-state index in [2.05, 4.69) is 25.9 Å². The lowest BCUT2D eigenvalue weighted by atomic mass is 9.85. The number of anilines is 3. The molecule has 0 bridgehead atoms. The highest BCUT2D eigenvalue weighted by Crippen LogP contribution is 2.36. The predicted octanol–water partition coefficient (Wildman–Crippen LogP) is 3.90. The average molecular weight is 612 g/mol. The van der Waals surface area contributed by atoms with Crippen molar-refractivity contribution in [2.45, 2.75) is 58.7 Å². The summed E-state index contributed by atoms with van der Waals surface area (Å²) in [5, 5.41) is 9.54. The van der Waals surface area contributed by atoms with Crippen LogP contribution in [-0.2, 0) is 14.4 Å². The number of likely N-dealkylation sites (N-methyl/N-ethyl adjacent to an activating group) is 1. The monoisotopic (exact) mass is 611 g/mol. The lowest BCUT2D eigenvalue weighted by molar-refractivity contribution is -0.143. The summed E-state index contributed by atoms with van der Waals surface area (Å²) >= 11 is 0. The molecule has 43 heavy (non-hydrogen) atoms. The Morgan fingerprint density at radius 1 is 1.12 bits per heavy atom. The first-order chi connectivity index (χ1) is 20.0. The van der Waals surface area contributed by atoms with Crippen LogP contribution in [0.5, 0.6) is 5.75 Å². The van der Waals surface area contributed by atoms with Crippen molar-refractivity contribution in [3.05, 3.63) is 48.8 Å². The number of amides is 3. The second-order valence-corrected chi connectivity index (χ2v) is 11.7. The first kappa shape index (κ1) is 33.5. The van der Waals surface area contributed by atoms with E-state index in [-0.39, 0.29) is 30.1 Å². The third kappa shape index (κ3) is 7.34. The number of likely N-dealkylation sites (tertiary alicyclic amines) is 1. The molecule has 3 amide bonds. The molecule has 0 aliphatic carbocycles. The van der Waals surface area contributed by atoms with Gasteiger partial charge in [0.05, 0.1) is 24.4 Å². The maximum Gasteiger partial charge on any atom is 0.247 e. The van der Waals surface area contributed by atoms with Gasteiger partial charge in [-0.05, 0) is 50.4 Å². The van der Waals surface area contributed by atoms with Gasteiger partial charge in [-0.1, -0.05) is 39.0 Å². The van der Waals surface area contributed by atoms with E-state index >= 15 is 0 Å². The van der Waals surface area contributed by atoms with E-state index in [0.717, 1.165) is 11.1 Å². The van der Waals surface area contributed by atoms with Crippen molar-refractivity contribution in [1.29, 1.82) is 0 Å². The second-order valence-electron chi connectivity index (χ2n) is 11.7. The van der Waals surface area contributed by atoms with Crippen LogP contribution in [0.4, 0.5) is 17.2 Å². The van der Waals surface area contributed by atoms with Gasteiger partial charge in [-0.15, -0.1) is 12.4 Å². The molecule has 1 saturated heterocycles. The maximum atomic E-state index is 13.8. The number of ether oxygens (including phenoxy) is 1. The van der Waals surface area contributed by atoms with Gasteiger partial charge in [0.1, 0.15) is 30.0 Å². The zero-order valence-electron chi connectivity index (χ0n) is 25.8. The van der Waals surface area contributed by atoms with Crippen LogP contribution in [0.2, 0.25) is 0 Å². The van der Waals surface area contributed by atoms with E-state index in [1.54, 1.807) is 31.0 Å². The summed E-state index contributed by atoms with van der Waals surface area (Å²) in [6.07, 6.45) is 2.69. The van der Waals surface area contributed by atoms with Crippen LogP contribution >= 0.6 is 12.4 Å². The van der Waals surface area contributed by atoms with Gasteiger partial charge in [0.25, 0.3) is 0 Å². The number of methoxy groups -OCH3 is 1. The van der Waals surface area contributed by atoms with Gasteiger partial charge in [-0.25, -0.2) is 9.97 Å². The second kappa shape index (κ2) is 14.0. The summed E-state index contributed by atoms with van der Waals surface area (Å²) in [6, 6.07) is 11.4. The van der Waals surface area contributed by atoms with Gasteiger partial charge in [-0.2, -0.15) is 0 Å². The van der Waals surface area contributed by atoms with Gasteiger partial charge >= 0.3 is 0 Å². The molecule has 3 atom stereocenters. The summed E-state index contributed by atoms with van der Waals surface area (Å²) in [6.45, 7) is 7.86. The number of benzene rings is 2. The third-order valence-electron chi connectivity index (χ3n) is 7.72. The van der Waals surface area contributed by atoms with Crippen molar-refractivity contribution in [2.75, 3.05) is 38.0 Å². The number of para-hydroxylation sites is 1. The summed E-state index contributed by atoms with van der Waals surface area (Å²) in [7, 11) is 5.14. The number of carbonyl (C=O) groups excluding carboxylic acids is 3. The van der Waals surface area contributed by atoms with Crippen LogP contribution in [0.1, 0.15) is 40.5 Å². The van der Waals surface area contributed by atoms with Gasteiger partial charge in [0.2, 0.25) is 17.7 Å². The zero-order valence-corrected chi connectivity index (χ0v) is 26.6. The van der Waals surface area contributed by atoms with Crippen molar-refractivity contribution in [1.82, 2.24) is 25.5 Å². The van der Waals surface area contributed by atoms with Crippen LogP contribution in [0.3, 0.4) is 0 Å². The molecule has 1 aromatic heterocycles. The van der Waals surface area contributed by atoms with E-state index < -0.39 is 23.5 Å². The van der Waals surface area contributed by atoms with Crippen molar-refractivity contribution in [3.8, 4) is 5.75 Å². The van der Waals surface area contributed by atoms with Crippen LogP contribution in [0.15, 0.2) is 48.8 Å². The molecule has 3 unspecified atom stereocenters. The molecule has 2 heterocycles. The number of hydrogen-bond donors (Lipinski definition) is 3. The molecule has 1 fully saturated rings. The van der Waals surface area contributed by atoms with Crippen LogP contribution in [0.25, 0.3) is 10.9 Å². The number of rotatable bonds is 9. The minimum Gasteiger partial charge on any atom is -0.494 e. The van der Waals surface area contributed by atoms with Crippen molar-refractivity contribution in [2.24, 2.45) is 5.41 Å².